The van der Waals surface area contributed by atoms with Gasteiger partial charge in [-0.2, -0.15) is 0 Å². The van der Waals surface area contributed by atoms with E-state index in [1.54, 1.807) is 0 Å². The molecule has 0 aromatic carbocycles. The van der Waals surface area contributed by atoms with Gasteiger partial charge in [0.15, 0.2) is 0 Å². The lowest BCUT2D eigenvalue weighted by molar-refractivity contribution is -0.140. The van der Waals surface area contributed by atoms with E-state index in [2.05, 4.69) is 13.8 Å². The molecule has 2 rings (SSSR count). The molecule has 4 unspecified atom stereocenters. The average Bonchev–Trinajstić information content (AvgIpc) is 2.75. The van der Waals surface area contributed by atoms with Crippen molar-refractivity contribution in [2.75, 3.05) is 13.1 Å². The third kappa shape index (κ3) is 2.65. The van der Waals surface area contributed by atoms with Gasteiger partial charge in [0.05, 0.1) is 6.10 Å². The molecule has 4 atom stereocenters. The number of piperidine rings is 1. The topological polar surface area (TPSA) is 40.5 Å². The molecule has 1 saturated carbocycles. The Morgan fingerprint density at radius 1 is 1.35 bits per heavy atom. The maximum absolute atomic E-state index is 12.4. The lowest BCUT2D eigenvalue weighted by atomic mass is 9.90. The second kappa shape index (κ2) is 5.38. The molecule has 3 heteroatoms. The van der Waals surface area contributed by atoms with Crippen LogP contribution in [0.4, 0.5) is 0 Å². The number of carbonyl (C=O) groups excluding carboxylic acids is 1. The second-order valence-corrected chi connectivity index (χ2v) is 5.82. The zero-order valence-corrected chi connectivity index (χ0v) is 11.1. The van der Waals surface area contributed by atoms with Crippen LogP contribution in [0, 0.1) is 17.8 Å². The van der Waals surface area contributed by atoms with Gasteiger partial charge in [-0.1, -0.05) is 20.3 Å². The fraction of sp³-hybridized carbons (Fsp3) is 0.929. The number of aliphatic hydroxyl groups is 1. The van der Waals surface area contributed by atoms with Crippen LogP contribution in [0.5, 0.6) is 0 Å². The Kier molecular flexibility index (Phi) is 4.08. The summed E-state index contributed by atoms with van der Waals surface area (Å²) in [6.45, 7) is 5.81. The van der Waals surface area contributed by atoms with Gasteiger partial charge in [0.1, 0.15) is 0 Å². The molecule has 1 N–H and O–H groups in total. The molecule has 0 aromatic rings. The minimum absolute atomic E-state index is 0.204. The summed E-state index contributed by atoms with van der Waals surface area (Å²) in [6, 6.07) is 0. The number of nitrogens with zero attached hydrogens (tertiary/aromatic N) is 1. The Morgan fingerprint density at radius 3 is 2.71 bits per heavy atom. The van der Waals surface area contributed by atoms with E-state index in [4.69, 9.17) is 0 Å². The van der Waals surface area contributed by atoms with Crippen molar-refractivity contribution in [1.82, 2.24) is 4.90 Å². The van der Waals surface area contributed by atoms with E-state index < -0.39 is 0 Å². The molecule has 0 spiro atoms. The van der Waals surface area contributed by atoms with Crippen molar-refractivity contribution >= 4 is 5.91 Å². The Balaban J connectivity index is 1.95. The Hall–Kier alpha value is -0.570. The predicted octanol–water partition coefficient (Wildman–Crippen LogP) is 2.04. The summed E-state index contributed by atoms with van der Waals surface area (Å²) in [4.78, 5) is 14.4. The molecule has 17 heavy (non-hydrogen) atoms. The van der Waals surface area contributed by atoms with Crippen molar-refractivity contribution in [3.05, 3.63) is 0 Å². The van der Waals surface area contributed by atoms with E-state index in [0.29, 0.717) is 11.8 Å². The van der Waals surface area contributed by atoms with Gasteiger partial charge in [0, 0.05) is 24.9 Å². The quantitative estimate of drug-likeness (QED) is 0.801. The van der Waals surface area contributed by atoms with Crippen LogP contribution in [-0.4, -0.2) is 35.1 Å². The minimum Gasteiger partial charge on any atom is -0.393 e. The van der Waals surface area contributed by atoms with Gasteiger partial charge in [-0.05, 0) is 31.6 Å². The molecule has 2 aliphatic rings. The van der Waals surface area contributed by atoms with Crippen LogP contribution in [0.25, 0.3) is 0 Å². The normalized spacial score (nSPS) is 38.4. The maximum atomic E-state index is 12.4. The SMILES string of the molecule is CCC1CN(C(=O)C2CCCC2C)CCC1O. The Labute approximate surface area is 104 Å². The van der Waals surface area contributed by atoms with Crippen molar-refractivity contribution in [2.45, 2.75) is 52.1 Å². The van der Waals surface area contributed by atoms with Crippen molar-refractivity contribution in [3.8, 4) is 0 Å². The molecule has 98 valence electrons. The molecule has 0 aromatic heterocycles. The van der Waals surface area contributed by atoms with E-state index in [1.807, 2.05) is 4.90 Å². The molecule has 2 fully saturated rings. The molecular weight excluding hydrogens is 214 g/mol. The number of rotatable bonds is 2. The molecule has 3 nitrogen and oxygen atoms in total. The van der Waals surface area contributed by atoms with Gasteiger partial charge in [-0.3, -0.25) is 4.79 Å². The van der Waals surface area contributed by atoms with Crippen molar-refractivity contribution < 1.29 is 9.90 Å². The average molecular weight is 239 g/mol. The summed E-state index contributed by atoms with van der Waals surface area (Å²) in [5, 5.41) is 9.85. The first-order chi connectivity index (χ1) is 8.13. The number of likely N-dealkylation sites (tertiary alicyclic amines) is 1. The molecule has 0 bridgehead atoms. The number of hydrogen-bond donors (Lipinski definition) is 1. The van der Waals surface area contributed by atoms with Crippen LogP contribution >= 0.6 is 0 Å². The van der Waals surface area contributed by atoms with Gasteiger partial charge in [0.25, 0.3) is 0 Å². The Bertz CT molecular complexity index is 279. The third-order valence-electron chi connectivity index (χ3n) is 4.71. The number of amides is 1. The second-order valence-electron chi connectivity index (χ2n) is 5.82. The van der Waals surface area contributed by atoms with Crippen molar-refractivity contribution in [1.29, 1.82) is 0 Å². The monoisotopic (exact) mass is 239 g/mol. The van der Waals surface area contributed by atoms with E-state index in [9.17, 15) is 9.90 Å². The molecule has 1 heterocycles. The van der Waals surface area contributed by atoms with Crippen LogP contribution in [0.15, 0.2) is 0 Å². The highest BCUT2D eigenvalue weighted by molar-refractivity contribution is 5.79. The molecule has 1 aliphatic carbocycles. The molecule has 1 saturated heterocycles. The van der Waals surface area contributed by atoms with E-state index >= 15 is 0 Å². The summed E-state index contributed by atoms with van der Waals surface area (Å²) in [5.74, 6) is 1.43. The van der Waals surface area contributed by atoms with Crippen LogP contribution in [0.2, 0.25) is 0 Å². The first kappa shape index (κ1) is 12.9. The van der Waals surface area contributed by atoms with Crippen molar-refractivity contribution in [2.24, 2.45) is 17.8 Å². The van der Waals surface area contributed by atoms with Crippen LogP contribution < -0.4 is 0 Å². The fourth-order valence-corrected chi connectivity index (χ4v) is 3.37. The van der Waals surface area contributed by atoms with Crippen LogP contribution in [-0.2, 0) is 4.79 Å². The number of hydrogen-bond acceptors (Lipinski definition) is 2. The van der Waals surface area contributed by atoms with Gasteiger partial charge in [0.2, 0.25) is 5.91 Å². The first-order valence-electron chi connectivity index (χ1n) is 7.10. The Morgan fingerprint density at radius 2 is 2.12 bits per heavy atom. The lowest BCUT2D eigenvalue weighted by Crippen LogP contribution is -2.48. The first-order valence-corrected chi connectivity index (χ1v) is 7.10. The van der Waals surface area contributed by atoms with Crippen molar-refractivity contribution in [3.63, 3.8) is 0 Å². The third-order valence-corrected chi connectivity index (χ3v) is 4.71. The van der Waals surface area contributed by atoms with E-state index in [0.717, 1.165) is 32.4 Å². The fourth-order valence-electron chi connectivity index (χ4n) is 3.37. The minimum atomic E-state index is -0.204. The standard InChI is InChI=1S/C14H25NO2/c1-3-11-9-15(8-7-13(11)16)14(17)12-6-4-5-10(12)2/h10-13,16H,3-9H2,1-2H3. The highest BCUT2D eigenvalue weighted by Crippen LogP contribution is 2.33. The largest absolute Gasteiger partial charge is 0.393 e. The molecule has 1 aliphatic heterocycles. The molecule has 0 radical (unpaired) electrons. The zero-order valence-electron chi connectivity index (χ0n) is 11.1. The number of carbonyl (C=O) groups is 1. The smallest absolute Gasteiger partial charge is 0.225 e. The number of aliphatic hydroxyl groups excluding tert-OH is 1. The van der Waals surface area contributed by atoms with Gasteiger partial charge < -0.3 is 10.0 Å². The van der Waals surface area contributed by atoms with E-state index in [-0.39, 0.29) is 17.9 Å². The summed E-state index contributed by atoms with van der Waals surface area (Å²) in [6.07, 6.45) is 4.98. The predicted molar refractivity (Wildman–Crippen MR) is 67.5 cm³/mol. The highest BCUT2D eigenvalue weighted by atomic mass is 16.3. The lowest BCUT2D eigenvalue weighted by Gasteiger charge is -2.37. The summed E-state index contributed by atoms with van der Waals surface area (Å²) < 4.78 is 0. The van der Waals surface area contributed by atoms with Gasteiger partial charge in [-0.15, -0.1) is 0 Å². The maximum Gasteiger partial charge on any atom is 0.225 e. The van der Waals surface area contributed by atoms with E-state index in [1.165, 1.54) is 12.8 Å². The molecule has 1 amide bonds. The summed E-state index contributed by atoms with van der Waals surface area (Å²) in [7, 11) is 0. The van der Waals surface area contributed by atoms with Gasteiger partial charge in [-0.25, -0.2) is 0 Å². The van der Waals surface area contributed by atoms with Gasteiger partial charge >= 0.3 is 0 Å². The molecular formula is C14H25NO2. The highest BCUT2D eigenvalue weighted by Gasteiger charge is 2.36. The van der Waals surface area contributed by atoms with Crippen LogP contribution in [0.1, 0.15) is 46.0 Å². The zero-order chi connectivity index (χ0) is 12.4. The van der Waals surface area contributed by atoms with Crippen LogP contribution in [0.3, 0.4) is 0 Å². The summed E-state index contributed by atoms with van der Waals surface area (Å²) >= 11 is 0. The summed E-state index contributed by atoms with van der Waals surface area (Å²) in [5.41, 5.74) is 0.